The van der Waals surface area contributed by atoms with Crippen molar-refractivity contribution in [3.63, 3.8) is 0 Å². The van der Waals surface area contributed by atoms with Crippen LogP contribution in [0.2, 0.25) is 0 Å². The molecule has 0 atom stereocenters. The van der Waals surface area contributed by atoms with Crippen LogP contribution in [-0.2, 0) is 30.5 Å². The molecule has 31 heavy (non-hydrogen) atoms. The quantitative estimate of drug-likeness (QED) is 0.369. The highest BCUT2D eigenvalue weighted by molar-refractivity contribution is 8.00. The molecular weight excluding hydrogens is 422 g/mol. The fraction of sp³-hybridized carbons (Fsp3) is 0.480. The van der Waals surface area contributed by atoms with Crippen molar-refractivity contribution in [1.82, 2.24) is 14.9 Å². The number of hydrogen-bond acceptors (Lipinski definition) is 5. The van der Waals surface area contributed by atoms with E-state index < -0.39 is 0 Å². The second-order valence-corrected chi connectivity index (χ2v) is 10.6. The molecule has 0 spiro atoms. The van der Waals surface area contributed by atoms with Crippen LogP contribution in [-0.4, -0.2) is 39.6 Å². The number of aromatic nitrogens is 2. The van der Waals surface area contributed by atoms with E-state index in [0.29, 0.717) is 5.75 Å². The fourth-order valence-corrected chi connectivity index (χ4v) is 6.97. The molecule has 0 bridgehead atoms. The molecule has 1 fully saturated rings. The second kappa shape index (κ2) is 9.70. The molecule has 4 nitrogen and oxygen atoms in total. The maximum atomic E-state index is 12.8. The summed E-state index contributed by atoms with van der Waals surface area (Å²) in [4.78, 5) is 27.4. The van der Waals surface area contributed by atoms with Gasteiger partial charge < -0.3 is 4.90 Å². The smallest absolute Gasteiger partial charge is 0.232 e. The second-order valence-electron chi connectivity index (χ2n) is 8.55. The zero-order valence-corrected chi connectivity index (χ0v) is 19.6. The van der Waals surface area contributed by atoms with E-state index in [-0.39, 0.29) is 5.91 Å². The molecule has 3 heterocycles. The van der Waals surface area contributed by atoms with E-state index in [1.807, 2.05) is 16.2 Å². The number of fused-ring (bicyclic) bond motifs is 3. The molecular formula is C25H29N3OS2. The maximum absolute atomic E-state index is 12.8. The summed E-state index contributed by atoms with van der Waals surface area (Å²) in [5.74, 6) is 1.64. The van der Waals surface area contributed by atoms with Gasteiger partial charge in [0.15, 0.2) is 0 Å². The summed E-state index contributed by atoms with van der Waals surface area (Å²) in [6.45, 7) is 1.82. The van der Waals surface area contributed by atoms with Gasteiger partial charge in [-0.1, -0.05) is 42.1 Å². The zero-order valence-electron chi connectivity index (χ0n) is 17.9. The Balaban J connectivity index is 1.40. The predicted octanol–water partition coefficient (Wildman–Crippen LogP) is 5.46. The predicted molar refractivity (Wildman–Crippen MR) is 129 cm³/mol. The number of nitrogens with zero attached hydrogens (tertiary/aromatic N) is 3. The number of rotatable bonds is 6. The molecule has 3 aromatic rings. The molecule has 0 N–H and O–H groups in total. The molecule has 0 unspecified atom stereocenters. The minimum Gasteiger partial charge on any atom is -0.342 e. The number of hydrogen-bond donors (Lipinski definition) is 0. The Morgan fingerprint density at radius 2 is 1.77 bits per heavy atom. The van der Waals surface area contributed by atoms with Crippen LogP contribution in [0.3, 0.4) is 0 Å². The number of carbonyl (C=O) groups excluding carboxylic acids is 1. The zero-order chi connectivity index (χ0) is 21.0. The topological polar surface area (TPSA) is 46.1 Å². The number of thiophene rings is 1. The third-order valence-corrected chi connectivity index (χ3v) is 8.49. The lowest BCUT2D eigenvalue weighted by Crippen LogP contribution is -2.36. The number of piperidine rings is 1. The molecule has 1 aliphatic carbocycles. The third-order valence-electron chi connectivity index (χ3n) is 6.35. The van der Waals surface area contributed by atoms with Crippen molar-refractivity contribution in [2.45, 2.75) is 62.8 Å². The van der Waals surface area contributed by atoms with Crippen LogP contribution >= 0.6 is 23.1 Å². The Labute approximate surface area is 192 Å². The van der Waals surface area contributed by atoms with Crippen LogP contribution in [0.1, 0.15) is 53.9 Å². The van der Waals surface area contributed by atoms with E-state index in [1.165, 1.54) is 40.7 Å². The molecule has 2 aliphatic rings. The summed E-state index contributed by atoms with van der Waals surface area (Å²) in [7, 11) is 0. The van der Waals surface area contributed by atoms with Gasteiger partial charge in [0.05, 0.1) is 5.75 Å². The lowest BCUT2D eigenvalue weighted by Gasteiger charge is -2.26. The molecule has 1 aromatic carbocycles. The molecule has 1 amide bonds. The first-order valence-corrected chi connectivity index (χ1v) is 13.3. The van der Waals surface area contributed by atoms with Crippen LogP contribution in [0.25, 0.3) is 10.2 Å². The maximum Gasteiger partial charge on any atom is 0.232 e. The molecule has 2 aromatic heterocycles. The van der Waals surface area contributed by atoms with E-state index in [0.717, 1.165) is 67.3 Å². The lowest BCUT2D eigenvalue weighted by molar-refractivity contribution is -0.129. The van der Waals surface area contributed by atoms with Gasteiger partial charge in [0.2, 0.25) is 5.91 Å². The van der Waals surface area contributed by atoms with E-state index in [1.54, 1.807) is 11.8 Å². The number of thioether (sulfide) groups is 1. The molecule has 0 radical (unpaired) electrons. The lowest BCUT2D eigenvalue weighted by atomic mass is 9.97. The Morgan fingerprint density at radius 3 is 2.61 bits per heavy atom. The van der Waals surface area contributed by atoms with Crippen LogP contribution in [0.15, 0.2) is 35.4 Å². The first-order valence-electron chi connectivity index (χ1n) is 11.5. The van der Waals surface area contributed by atoms with Crippen LogP contribution < -0.4 is 0 Å². The Bertz CT molecular complexity index is 1060. The number of carbonyl (C=O) groups is 1. The number of amides is 1. The standard InChI is InChI=1S/C25H29N3OS2/c29-22(28-15-7-2-8-16-28)17-30-24-23-19-11-5-6-12-20(19)31-25(23)27-21(26-24)14-13-18-9-3-1-4-10-18/h1,3-4,9-10H,2,5-8,11-17H2. The van der Waals surface area contributed by atoms with Crippen molar-refractivity contribution in [2.24, 2.45) is 0 Å². The number of likely N-dealkylation sites (tertiary alicyclic amines) is 1. The van der Waals surface area contributed by atoms with E-state index in [2.05, 4.69) is 30.3 Å². The van der Waals surface area contributed by atoms with Gasteiger partial charge in [-0.2, -0.15) is 0 Å². The summed E-state index contributed by atoms with van der Waals surface area (Å²) in [6, 6.07) is 10.5. The summed E-state index contributed by atoms with van der Waals surface area (Å²) < 4.78 is 0. The van der Waals surface area contributed by atoms with Crippen molar-refractivity contribution in [3.8, 4) is 0 Å². The summed E-state index contributed by atoms with van der Waals surface area (Å²) in [6.07, 6.45) is 10.1. The van der Waals surface area contributed by atoms with Crippen LogP contribution in [0.4, 0.5) is 0 Å². The molecule has 0 saturated carbocycles. The van der Waals surface area contributed by atoms with Gasteiger partial charge in [-0.25, -0.2) is 9.97 Å². The SMILES string of the molecule is O=C(CSc1nc(CCc2ccccc2)nc2sc3c(c12)CCCC3)N1CCCCC1. The van der Waals surface area contributed by atoms with Gasteiger partial charge in [-0.05, 0) is 62.5 Å². The first kappa shape index (κ1) is 21.0. The number of aryl methyl sites for hydroxylation is 4. The summed E-state index contributed by atoms with van der Waals surface area (Å²) in [5.41, 5.74) is 2.76. The van der Waals surface area contributed by atoms with Crippen LogP contribution in [0.5, 0.6) is 0 Å². The summed E-state index contributed by atoms with van der Waals surface area (Å²) in [5, 5.41) is 2.26. The molecule has 6 heteroatoms. The first-order chi connectivity index (χ1) is 15.3. The van der Waals surface area contributed by atoms with Gasteiger partial charge in [0.1, 0.15) is 15.7 Å². The van der Waals surface area contributed by atoms with Crippen molar-refractivity contribution in [2.75, 3.05) is 18.8 Å². The minimum absolute atomic E-state index is 0.256. The third kappa shape index (κ3) is 4.80. The highest BCUT2D eigenvalue weighted by Crippen LogP contribution is 2.39. The molecule has 162 valence electrons. The minimum atomic E-state index is 0.256. The van der Waals surface area contributed by atoms with Gasteiger partial charge in [-0.3, -0.25) is 4.79 Å². The highest BCUT2D eigenvalue weighted by Gasteiger charge is 2.23. The van der Waals surface area contributed by atoms with E-state index in [4.69, 9.17) is 9.97 Å². The fourth-order valence-electron chi connectivity index (χ4n) is 4.65. The average molecular weight is 452 g/mol. The van der Waals surface area contributed by atoms with Crippen molar-refractivity contribution < 1.29 is 4.79 Å². The van der Waals surface area contributed by atoms with E-state index in [9.17, 15) is 4.79 Å². The molecule has 5 rings (SSSR count). The van der Waals surface area contributed by atoms with Crippen molar-refractivity contribution in [1.29, 1.82) is 0 Å². The van der Waals surface area contributed by atoms with Crippen molar-refractivity contribution >= 4 is 39.2 Å². The normalized spacial score (nSPS) is 16.5. The Morgan fingerprint density at radius 1 is 0.968 bits per heavy atom. The van der Waals surface area contributed by atoms with Crippen molar-refractivity contribution in [3.05, 3.63) is 52.2 Å². The Hall–Kier alpha value is -1.92. The molecule has 1 aliphatic heterocycles. The Kier molecular flexibility index (Phi) is 6.55. The molecule has 1 saturated heterocycles. The van der Waals surface area contributed by atoms with E-state index >= 15 is 0 Å². The van der Waals surface area contributed by atoms with Gasteiger partial charge >= 0.3 is 0 Å². The largest absolute Gasteiger partial charge is 0.342 e. The highest BCUT2D eigenvalue weighted by atomic mass is 32.2. The average Bonchev–Trinajstić information content (AvgIpc) is 3.21. The van der Waals surface area contributed by atoms with Crippen LogP contribution in [0, 0.1) is 0 Å². The van der Waals surface area contributed by atoms with Gasteiger partial charge in [0.25, 0.3) is 0 Å². The monoisotopic (exact) mass is 451 g/mol. The van der Waals surface area contributed by atoms with Gasteiger partial charge in [0, 0.05) is 29.8 Å². The summed E-state index contributed by atoms with van der Waals surface area (Å²) >= 11 is 3.48. The van der Waals surface area contributed by atoms with Gasteiger partial charge in [-0.15, -0.1) is 11.3 Å². The number of benzene rings is 1.